The van der Waals surface area contributed by atoms with Crippen molar-refractivity contribution < 1.29 is 19.5 Å². The van der Waals surface area contributed by atoms with Crippen LogP contribution in [0.1, 0.15) is 20.3 Å². The molecule has 192 valence electrons. The largest absolute Gasteiger partial charge is 0.527 e. The molecule has 3 heterocycles. The number of carbonyl (C=O) groups excluding carboxylic acids is 1. The molecule has 37 heavy (non-hydrogen) atoms. The number of anilines is 3. The molecule has 4 aromatic rings. The number of aromatic amines is 1. The first-order valence-corrected chi connectivity index (χ1v) is 12.3. The van der Waals surface area contributed by atoms with Crippen LogP contribution < -0.4 is 10.2 Å². The molecule has 1 aliphatic rings. The van der Waals surface area contributed by atoms with Crippen LogP contribution in [-0.4, -0.2) is 68.8 Å². The Morgan fingerprint density at radius 1 is 1.16 bits per heavy atom. The van der Waals surface area contributed by atoms with Gasteiger partial charge in [-0.15, -0.1) is 5.06 Å². The van der Waals surface area contributed by atoms with E-state index in [2.05, 4.69) is 20.4 Å². The Labute approximate surface area is 214 Å². The molecule has 2 aromatic carbocycles. The zero-order valence-corrected chi connectivity index (χ0v) is 20.7. The molecular weight excluding hydrogens is 474 g/mol. The molecule has 1 aliphatic heterocycles. The van der Waals surface area contributed by atoms with Gasteiger partial charge in [-0.2, -0.15) is 10.1 Å². The summed E-state index contributed by atoms with van der Waals surface area (Å²) in [4.78, 5) is 29.0. The van der Waals surface area contributed by atoms with Crippen LogP contribution >= 0.6 is 0 Å². The predicted octanol–water partition coefficient (Wildman–Crippen LogP) is 4.46. The number of carbonyl (C=O) groups is 1. The number of ether oxygens (including phenoxy) is 1. The Hall–Kier alpha value is -4.38. The molecular formula is C26H29N7O4. The van der Waals surface area contributed by atoms with Gasteiger partial charge in [0.2, 0.25) is 5.95 Å². The molecule has 2 aromatic heterocycles. The van der Waals surface area contributed by atoms with E-state index >= 15 is 0 Å². The summed E-state index contributed by atoms with van der Waals surface area (Å²) >= 11 is 0. The van der Waals surface area contributed by atoms with Gasteiger partial charge in [0.15, 0.2) is 0 Å². The molecule has 11 nitrogen and oxygen atoms in total. The molecule has 0 spiro atoms. The maximum atomic E-state index is 11.9. The van der Waals surface area contributed by atoms with Crippen molar-refractivity contribution in [1.82, 2.24) is 25.2 Å². The fourth-order valence-corrected chi connectivity index (χ4v) is 4.33. The minimum absolute atomic E-state index is 0.0499. The average Bonchev–Trinajstić information content (AvgIpc) is 3.37. The normalized spacial score (nSPS) is 16.1. The van der Waals surface area contributed by atoms with Gasteiger partial charge in [-0.3, -0.25) is 5.10 Å². The van der Waals surface area contributed by atoms with Crippen molar-refractivity contribution in [2.45, 2.75) is 26.3 Å². The van der Waals surface area contributed by atoms with Crippen LogP contribution in [0.25, 0.3) is 22.2 Å². The monoisotopic (exact) mass is 503 g/mol. The summed E-state index contributed by atoms with van der Waals surface area (Å²) in [6, 6.07) is 14.7. The lowest BCUT2D eigenvalue weighted by Gasteiger charge is -2.39. The summed E-state index contributed by atoms with van der Waals surface area (Å²) in [6.45, 7) is 5.65. The Bertz CT molecular complexity index is 1390. The topological polar surface area (TPSA) is 129 Å². The van der Waals surface area contributed by atoms with Gasteiger partial charge in [0, 0.05) is 35.8 Å². The van der Waals surface area contributed by atoms with Crippen LogP contribution in [0.15, 0.2) is 54.7 Å². The maximum absolute atomic E-state index is 11.9. The summed E-state index contributed by atoms with van der Waals surface area (Å²) in [5.41, 5.74) is 3.25. The van der Waals surface area contributed by atoms with E-state index in [0.717, 1.165) is 28.6 Å². The number of nitrogens with zero attached hydrogens (tertiary/aromatic N) is 5. The SMILES string of the molecule is CCOC(=O)ON1CCN(c2nc(Nc3ccc4[nH]ncc4c3)cc(-c3cccc(O)c3)n2)CC1CC. The van der Waals surface area contributed by atoms with Gasteiger partial charge in [-0.1, -0.05) is 19.1 Å². The van der Waals surface area contributed by atoms with Crippen molar-refractivity contribution in [3.63, 3.8) is 0 Å². The number of hydrogen-bond acceptors (Lipinski definition) is 10. The van der Waals surface area contributed by atoms with E-state index in [1.54, 1.807) is 36.4 Å². The van der Waals surface area contributed by atoms with Crippen LogP contribution in [-0.2, 0) is 9.57 Å². The molecule has 0 aliphatic carbocycles. The summed E-state index contributed by atoms with van der Waals surface area (Å²) in [5, 5.41) is 23.1. The van der Waals surface area contributed by atoms with Gasteiger partial charge in [0.25, 0.3) is 0 Å². The first kappa shape index (κ1) is 24.3. The van der Waals surface area contributed by atoms with Crippen molar-refractivity contribution in [3.8, 4) is 17.0 Å². The molecule has 0 amide bonds. The van der Waals surface area contributed by atoms with Crippen molar-refractivity contribution >= 4 is 34.5 Å². The van der Waals surface area contributed by atoms with E-state index in [0.29, 0.717) is 37.1 Å². The van der Waals surface area contributed by atoms with Gasteiger partial charge in [0.05, 0.1) is 36.6 Å². The lowest BCUT2D eigenvalue weighted by atomic mass is 10.1. The van der Waals surface area contributed by atoms with Gasteiger partial charge < -0.3 is 24.9 Å². The summed E-state index contributed by atoms with van der Waals surface area (Å²) in [7, 11) is 0. The number of aromatic hydroxyl groups is 1. The van der Waals surface area contributed by atoms with E-state index in [9.17, 15) is 9.90 Å². The van der Waals surface area contributed by atoms with Crippen molar-refractivity contribution in [1.29, 1.82) is 0 Å². The van der Waals surface area contributed by atoms with Gasteiger partial charge in [-0.25, -0.2) is 9.78 Å². The molecule has 11 heteroatoms. The smallest absolute Gasteiger partial charge is 0.508 e. The number of nitrogens with one attached hydrogen (secondary N) is 2. The van der Waals surface area contributed by atoms with Crippen LogP contribution in [0.2, 0.25) is 0 Å². The number of hydrogen-bond donors (Lipinski definition) is 3. The minimum Gasteiger partial charge on any atom is -0.508 e. The van der Waals surface area contributed by atoms with Crippen molar-refractivity contribution in [2.75, 3.05) is 36.5 Å². The van der Waals surface area contributed by atoms with E-state index in [1.807, 2.05) is 37.3 Å². The summed E-state index contributed by atoms with van der Waals surface area (Å²) in [6.07, 6.45) is 1.84. The van der Waals surface area contributed by atoms with E-state index in [-0.39, 0.29) is 18.4 Å². The van der Waals surface area contributed by atoms with E-state index < -0.39 is 6.16 Å². The third-order valence-electron chi connectivity index (χ3n) is 6.21. The fraction of sp³-hybridized carbons (Fsp3) is 0.308. The third kappa shape index (κ3) is 5.56. The summed E-state index contributed by atoms with van der Waals surface area (Å²) < 4.78 is 4.94. The number of aromatic nitrogens is 4. The van der Waals surface area contributed by atoms with E-state index in [1.165, 1.54) is 0 Å². The average molecular weight is 504 g/mol. The molecule has 0 radical (unpaired) electrons. The van der Waals surface area contributed by atoms with Gasteiger partial charge in [-0.05, 0) is 43.7 Å². The quantitative estimate of drug-likeness (QED) is 0.311. The lowest BCUT2D eigenvalue weighted by Crippen LogP contribution is -2.53. The Kier molecular flexibility index (Phi) is 7.04. The second-order valence-electron chi connectivity index (χ2n) is 8.71. The van der Waals surface area contributed by atoms with Crippen molar-refractivity contribution in [3.05, 3.63) is 54.7 Å². The fourth-order valence-electron chi connectivity index (χ4n) is 4.33. The Morgan fingerprint density at radius 2 is 2.05 bits per heavy atom. The lowest BCUT2D eigenvalue weighted by molar-refractivity contribution is -0.158. The predicted molar refractivity (Wildman–Crippen MR) is 140 cm³/mol. The molecule has 5 rings (SSSR count). The van der Waals surface area contributed by atoms with Gasteiger partial charge in [0.1, 0.15) is 11.6 Å². The van der Waals surface area contributed by atoms with Crippen molar-refractivity contribution in [2.24, 2.45) is 0 Å². The van der Waals surface area contributed by atoms with Gasteiger partial charge >= 0.3 is 6.16 Å². The zero-order valence-electron chi connectivity index (χ0n) is 20.7. The molecule has 1 fully saturated rings. The number of fused-ring (bicyclic) bond motifs is 1. The first-order chi connectivity index (χ1) is 18.0. The summed E-state index contributed by atoms with van der Waals surface area (Å²) in [5.74, 6) is 1.32. The number of rotatable bonds is 7. The van der Waals surface area contributed by atoms with E-state index in [4.69, 9.17) is 19.5 Å². The van der Waals surface area contributed by atoms with Crippen LogP contribution in [0.3, 0.4) is 0 Å². The highest BCUT2D eigenvalue weighted by Crippen LogP contribution is 2.29. The van der Waals surface area contributed by atoms with Crippen LogP contribution in [0, 0.1) is 0 Å². The number of H-pyrrole nitrogens is 1. The maximum Gasteiger partial charge on any atom is 0.527 e. The highest BCUT2D eigenvalue weighted by Gasteiger charge is 2.31. The Morgan fingerprint density at radius 3 is 2.86 bits per heavy atom. The third-order valence-corrected chi connectivity index (χ3v) is 6.21. The number of phenolic OH excluding ortho intramolecular Hbond substituents is 1. The standard InChI is InChI=1S/C26H29N7O4/c1-3-20-16-32(10-11-33(20)37-26(35)36-4-2)25-29-23(17-6-5-7-21(34)13-17)14-24(30-25)28-19-8-9-22-18(12-19)15-27-31-22/h5-9,12-15,20,34H,3-4,10-11,16H2,1-2H3,(H,27,31)(H,28,29,30). The van der Waals surface area contributed by atoms with Crippen LogP contribution in [0.5, 0.6) is 5.75 Å². The first-order valence-electron chi connectivity index (χ1n) is 12.3. The van der Waals surface area contributed by atoms with Crippen LogP contribution in [0.4, 0.5) is 22.2 Å². The second kappa shape index (κ2) is 10.7. The second-order valence-corrected chi connectivity index (χ2v) is 8.71. The molecule has 1 unspecified atom stereocenters. The molecule has 1 saturated heterocycles. The molecule has 3 N–H and O–H groups in total. The number of piperazine rings is 1. The highest BCUT2D eigenvalue weighted by molar-refractivity contribution is 5.83. The number of benzene rings is 2. The molecule has 1 atom stereocenters. The molecule has 0 bridgehead atoms. The Balaban J connectivity index is 1.44. The minimum atomic E-state index is -0.697. The number of hydroxylamine groups is 2. The molecule has 0 saturated carbocycles. The highest BCUT2D eigenvalue weighted by atomic mass is 16.8. The zero-order chi connectivity index (χ0) is 25.8. The number of phenols is 1.